The zero-order valence-electron chi connectivity index (χ0n) is 12.0. The predicted octanol–water partition coefficient (Wildman–Crippen LogP) is 2.11. The van der Waals surface area contributed by atoms with Gasteiger partial charge in [-0.1, -0.05) is 0 Å². The minimum absolute atomic E-state index is 0.0230. The van der Waals surface area contributed by atoms with Crippen LogP contribution in [0, 0.1) is 6.92 Å². The number of aromatic nitrogens is 1. The Morgan fingerprint density at radius 2 is 2.10 bits per heavy atom. The van der Waals surface area contributed by atoms with E-state index in [1.54, 1.807) is 23.5 Å². The minimum Gasteiger partial charge on any atom is -0.398 e. The summed E-state index contributed by atoms with van der Waals surface area (Å²) in [6.45, 7) is 3.94. The highest BCUT2D eigenvalue weighted by molar-refractivity contribution is 7.89. The first-order chi connectivity index (χ1) is 9.83. The summed E-state index contributed by atoms with van der Waals surface area (Å²) in [6, 6.07) is 4.82. The van der Waals surface area contributed by atoms with Crippen molar-refractivity contribution in [3.63, 3.8) is 0 Å². The predicted molar refractivity (Wildman–Crippen MR) is 86.0 cm³/mol. The van der Waals surface area contributed by atoms with Crippen molar-refractivity contribution in [3.05, 3.63) is 34.3 Å². The van der Waals surface area contributed by atoms with E-state index in [-0.39, 0.29) is 16.6 Å². The number of nitrogen functional groups attached to an aromatic ring is 1. The zero-order chi connectivity index (χ0) is 15.6. The number of sulfonamides is 1. The molecule has 4 N–H and O–H groups in total. The molecule has 1 unspecified atom stereocenters. The van der Waals surface area contributed by atoms with E-state index < -0.39 is 10.0 Å². The number of rotatable bonds is 5. The summed E-state index contributed by atoms with van der Waals surface area (Å²) >= 11 is 1.58. The van der Waals surface area contributed by atoms with E-state index >= 15 is 0 Å². The zero-order valence-corrected chi connectivity index (χ0v) is 13.7. The highest BCUT2D eigenvalue weighted by Crippen LogP contribution is 2.26. The second-order valence-electron chi connectivity index (χ2n) is 4.65. The van der Waals surface area contributed by atoms with Crippen molar-refractivity contribution < 1.29 is 8.42 Å². The molecule has 21 heavy (non-hydrogen) atoms. The van der Waals surface area contributed by atoms with Crippen LogP contribution < -0.4 is 15.8 Å². The average Bonchev–Trinajstić information content (AvgIpc) is 2.85. The van der Waals surface area contributed by atoms with Gasteiger partial charge in [-0.3, -0.25) is 0 Å². The Morgan fingerprint density at radius 3 is 2.62 bits per heavy atom. The third-order valence-corrected chi connectivity index (χ3v) is 5.59. The summed E-state index contributed by atoms with van der Waals surface area (Å²) in [5, 5.41) is 6.22. The molecule has 0 amide bonds. The molecule has 2 rings (SSSR count). The van der Waals surface area contributed by atoms with Crippen molar-refractivity contribution in [1.29, 1.82) is 0 Å². The van der Waals surface area contributed by atoms with Crippen molar-refractivity contribution in [2.45, 2.75) is 24.8 Å². The first-order valence-electron chi connectivity index (χ1n) is 6.35. The van der Waals surface area contributed by atoms with Gasteiger partial charge in [0, 0.05) is 16.8 Å². The Balaban J connectivity index is 2.21. The molecule has 2 aromatic rings. The van der Waals surface area contributed by atoms with Gasteiger partial charge in [0.1, 0.15) is 9.90 Å². The molecule has 6 nitrogen and oxygen atoms in total. The lowest BCUT2D eigenvalue weighted by Gasteiger charge is -2.14. The molecule has 0 aliphatic rings. The number of hydrogen-bond donors (Lipinski definition) is 3. The number of nitrogens with zero attached hydrogens (tertiary/aromatic N) is 1. The summed E-state index contributed by atoms with van der Waals surface area (Å²) in [4.78, 5) is 4.50. The highest BCUT2D eigenvalue weighted by atomic mass is 32.2. The first-order valence-corrected chi connectivity index (χ1v) is 8.71. The first kappa shape index (κ1) is 15.7. The molecule has 1 aromatic carbocycles. The Labute approximate surface area is 128 Å². The Kier molecular flexibility index (Phi) is 4.50. The molecule has 1 heterocycles. The fraction of sp³-hybridized carbons (Fsp3) is 0.308. The average molecular weight is 326 g/mol. The van der Waals surface area contributed by atoms with Gasteiger partial charge >= 0.3 is 0 Å². The maximum atomic E-state index is 11.8. The number of nitrogens with one attached hydrogen (secondary N) is 2. The van der Waals surface area contributed by atoms with Crippen LogP contribution in [-0.4, -0.2) is 20.4 Å². The van der Waals surface area contributed by atoms with Crippen molar-refractivity contribution in [3.8, 4) is 0 Å². The third-order valence-electron chi connectivity index (χ3n) is 2.96. The van der Waals surface area contributed by atoms with Crippen LogP contribution in [0.25, 0.3) is 0 Å². The van der Waals surface area contributed by atoms with Crippen LogP contribution in [0.4, 0.5) is 11.4 Å². The monoisotopic (exact) mass is 326 g/mol. The van der Waals surface area contributed by atoms with Gasteiger partial charge in [0.05, 0.1) is 11.7 Å². The molecule has 0 spiro atoms. The van der Waals surface area contributed by atoms with E-state index in [0.717, 1.165) is 16.4 Å². The lowest BCUT2D eigenvalue weighted by Crippen LogP contribution is -2.20. The lowest BCUT2D eigenvalue weighted by molar-refractivity contribution is 0.588. The Bertz CT molecular complexity index is 740. The smallest absolute Gasteiger partial charge is 0.242 e. The van der Waals surface area contributed by atoms with Gasteiger partial charge in [-0.2, -0.15) is 0 Å². The number of nitrogens with two attached hydrogens (primary N) is 1. The van der Waals surface area contributed by atoms with E-state index in [2.05, 4.69) is 15.0 Å². The van der Waals surface area contributed by atoms with E-state index in [1.807, 2.05) is 19.2 Å². The number of thiazole rings is 1. The molecule has 114 valence electrons. The summed E-state index contributed by atoms with van der Waals surface area (Å²) in [7, 11) is -2.18. The second kappa shape index (κ2) is 6.00. The van der Waals surface area contributed by atoms with Crippen molar-refractivity contribution in [2.24, 2.45) is 0 Å². The molecular weight excluding hydrogens is 308 g/mol. The third kappa shape index (κ3) is 3.52. The molecule has 0 aliphatic carbocycles. The van der Waals surface area contributed by atoms with Crippen LogP contribution in [0.2, 0.25) is 0 Å². The molecule has 1 atom stereocenters. The number of aryl methyl sites for hydroxylation is 1. The fourth-order valence-electron chi connectivity index (χ4n) is 1.88. The number of benzene rings is 1. The molecule has 0 saturated heterocycles. The van der Waals surface area contributed by atoms with Gasteiger partial charge in [-0.05, 0) is 39.1 Å². The van der Waals surface area contributed by atoms with Gasteiger partial charge in [-0.15, -0.1) is 11.3 Å². The quantitative estimate of drug-likeness (QED) is 0.731. The minimum atomic E-state index is -3.54. The standard InChI is InChI=1S/C13H18N4O2S2/c1-8-7-20-13(16-8)9(2)17-10-4-5-12(11(14)6-10)21(18,19)15-3/h4-7,9,15,17H,14H2,1-3H3. The van der Waals surface area contributed by atoms with Crippen LogP contribution in [0.3, 0.4) is 0 Å². The summed E-state index contributed by atoms with van der Waals surface area (Å²) in [6.07, 6.45) is 0. The summed E-state index contributed by atoms with van der Waals surface area (Å²) < 4.78 is 25.8. The normalized spacial score (nSPS) is 13.1. The maximum Gasteiger partial charge on any atom is 0.242 e. The largest absolute Gasteiger partial charge is 0.398 e. The SMILES string of the molecule is CNS(=O)(=O)c1ccc(NC(C)c2nc(C)cs2)cc1N. The van der Waals surface area contributed by atoms with E-state index in [1.165, 1.54) is 13.1 Å². The molecular formula is C13H18N4O2S2. The molecule has 0 fully saturated rings. The van der Waals surface area contributed by atoms with Gasteiger partial charge < -0.3 is 11.1 Å². The van der Waals surface area contributed by atoms with Crippen molar-refractivity contribution in [2.75, 3.05) is 18.1 Å². The maximum absolute atomic E-state index is 11.8. The summed E-state index contributed by atoms with van der Waals surface area (Å²) in [5.41, 5.74) is 7.77. The van der Waals surface area contributed by atoms with E-state index in [0.29, 0.717) is 0 Å². The summed E-state index contributed by atoms with van der Waals surface area (Å²) in [5.74, 6) is 0. The van der Waals surface area contributed by atoms with Gasteiger partial charge in [0.25, 0.3) is 0 Å². The van der Waals surface area contributed by atoms with Crippen molar-refractivity contribution >= 4 is 32.7 Å². The Morgan fingerprint density at radius 1 is 1.38 bits per heavy atom. The van der Waals surface area contributed by atoms with E-state index in [4.69, 9.17) is 5.73 Å². The highest BCUT2D eigenvalue weighted by Gasteiger charge is 2.16. The van der Waals surface area contributed by atoms with Crippen LogP contribution in [-0.2, 0) is 10.0 Å². The Hall–Kier alpha value is -1.64. The van der Waals surface area contributed by atoms with E-state index in [9.17, 15) is 8.42 Å². The fourth-order valence-corrected chi connectivity index (χ4v) is 3.52. The van der Waals surface area contributed by atoms with Crippen LogP contribution in [0.15, 0.2) is 28.5 Å². The number of anilines is 2. The van der Waals surface area contributed by atoms with Gasteiger partial charge in [-0.25, -0.2) is 18.1 Å². The topological polar surface area (TPSA) is 97.1 Å². The second-order valence-corrected chi connectivity index (χ2v) is 7.40. The molecule has 1 aromatic heterocycles. The molecule has 8 heteroatoms. The molecule has 0 radical (unpaired) electrons. The van der Waals surface area contributed by atoms with Crippen molar-refractivity contribution in [1.82, 2.24) is 9.71 Å². The molecule has 0 bridgehead atoms. The van der Waals surface area contributed by atoms with Gasteiger partial charge in [0.2, 0.25) is 10.0 Å². The molecule has 0 aliphatic heterocycles. The van der Waals surface area contributed by atoms with Gasteiger partial charge in [0.15, 0.2) is 0 Å². The molecule has 0 saturated carbocycles. The number of hydrogen-bond acceptors (Lipinski definition) is 6. The van der Waals surface area contributed by atoms with Crippen LogP contribution in [0.5, 0.6) is 0 Å². The van der Waals surface area contributed by atoms with Crippen LogP contribution in [0.1, 0.15) is 23.7 Å². The van der Waals surface area contributed by atoms with Crippen LogP contribution >= 0.6 is 11.3 Å². The lowest BCUT2D eigenvalue weighted by atomic mass is 10.2.